The Hall–Kier alpha value is -3.15. The molecule has 0 spiro atoms. The second kappa shape index (κ2) is 8.98. The van der Waals surface area contributed by atoms with Gasteiger partial charge in [-0.15, -0.1) is 0 Å². The maximum Gasteiger partial charge on any atom is 0.251 e. The number of nitrogens with one attached hydrogen (secondary N) is 2. The molecule has 1 atom stereocenters. The predicted molar refractivity (Wildman–Crippen MR) is 107 cm³/mol. The number of rotatable bonds is 8. The van der Waals surface area contributed by atoms with E-state index in [1.54, 1.807) is 12.4 Å². The molecular weight excluding hydrogens is 338 g/mol. The summed E-state index contributed by atoms with van der Waals surface area (Å²) in [4.78, 5) is 17.0. The van der Waals surface area contributed by atoms with Crippen molar-refractivity contribution in [2.45, 2.75) is 39.4 Å². The number of benzene rings is 1. The van der Waals surface area contributed by atoms with E-state index in [0.717, 1.165) is 29.9 Å². The third kappa shape index (κ3) is 5.17. The molecule has 0 aliphatic heterocycles. The molecule has 0 saturated heterocycles. The summed E-state index contributed by atoms with van der Waals surface area (Å²) >= 11 is 0. The molecule has 3 aromatic rings. The zero-order chi connectivity index (χ0) is 19.1. The van der Waals surface area contributed by atoms with Crippen LogP contribution in [0.3, 0.4) is 0 Å². The number of hydrogen-bond donors (Lipinski definition) is 2. The lowest BCUT2D eigenvalue weighted by atomic mass is 10.1. The lowest BCUT2D eigenvalue weighted by Gasteiger charge is -2.17. The first-order valence-electron chi connectivity index (χ1n) is 9.15. The van der Waals surface area contributed by atoms with Crippen LogP contribution in [0, 0.1) is 6.92 Å². The minimum absolute atomic E-state index is 0.0537. The Kier molecular flexibility index (Phi) is 6.20. The van der Waals surface area contributed by atoms with E-state index in [2.05, 4.69) is 20.7 Å². The molecule has 1 aromatic carbocycles. The van der Waals surface area contributed by atoms with Crippen molar-refractivity contribution >= 4 is 11.6 Å². The van der Waals surface area contributed by atoms with Gasteiger partial charge in [0.2, 0.25) is 0 Å². The predicted octanol–water partition coefficient (Wildman–Crippen LogP) is 3.41. The van der Waals surface area contributed by atoms with Crippen molar-refractivity contribution < 1.29 is 4.79 Å². The molecule has 27 heavy (non-hydrogen) atoms. The Morgan fingerprint density at radius 1 is 1.15 bits per heavy atom. The number of aryl methyl sites for hydroxylation is 1. The van der Waals surface area contributed by atoms with E-state index in [-0.39, 0.29) is 11.9 Å². The van der Waals surface area contributed by atoms with Gasteiger partial charge in [0.05, 0.1) is 12.2 Å². The first-order valence-corrected chi connectivity index (χ1v) is 9.15. The first-order chi connectivity index (χ1) is 13.1. The summed E-state index contributed by atoms with van der Waals surface area (Å²) in [6.07, 6.45) is 6.29. The van der Waals surface area contributed by atoms with Crippen LogP contribution in [0.2, 0.25) is 0 Å². The van der Waals surface area contributed by atoms with Gasteiger partial charge in [0.1, 0.15) is 0 Å². The molecule has 2 N–H and O–H groups in total. The smallest absolute Gasteiger partial charge is 0.251 e. The van der Waals surface area contributed by atoms with Gasteiger partial charge in [-0.1, -0.05) is 12.1 Å². The normalized spacial score (nSPS) is 11.8. The fraction of sp³-hybridized carbons (Fsp3) is 0.286. The SMILES string of the molecule is Cc1c(NCc2ccccn2)cccc1C(=O)NC(C)CCn1cccn1. The fourth-order valence-corrected chi connectivity index (χ4v) is 2.89. The molecule has 6 nitrogen and oxygen atoms in total. The number of carbonyl (C=O) groups is 1. The monoisotopic (exact) mass is 363 g/mol. The molecule has 3 rings (SSSR count). The Bertz CT molecular complexity index is 862. The van der Waals surface area contributed by atoms with Gasteiger partial charge in [-0.05, 0) is 56.2 Å². The van der Waals surface area contributed by atoms with E-state index in [9.17, 15) is 4.79 Å². The van der Waals surface area contributed by atoms with E-state index in [4.69, 9.17) is 0 Å². The highest BCUT2D eigenvalue weighted by Gasteiger charge is 2.14. The third-order valence-electron chi connectivity index (χ3n) is 4.49. The maximum absolute atomic E-state index is 12.7. The van der Waals surface area contributed by atoms with Crippen LogP contribution in [0.4, 0.5) is 5.69 Å². The van der Waals surface area contributed by atoms with Crippen LogP contribution < -0.4 is 10.6 Å². The number of carbonyl (C=O) groups excluding carboxylic acids is 1. The molecule has 0 radical (unpaired) electrons. The molecule has 1 amide bonds. The van der Waals surface area contributed by atoms with Gasteiger partial charge in [0.15, 0.2) is 0 Å². The van der Waals surface area contributed by atoms with Crippen molar-refractivity contribution in [2.75, 3.05) is 5.32 Å². The molecule has 0 aliphatic rings. The highest BCUT2D eigenvalue weighted by Crippen LogP contribution is 2.20. The first kappa shape index (κ1) is 18.6. The number of pyridine rings is 1. The van der Waals surface area contributed by atoms with Crippen molar-refractivity contribution in [1.82, 2.24) is 20.1 Å². The van der Waals surface area contributed by atoms with E-state index < -0.39 is 0 Å². The Morgan fingerprint density at radius 3 is 2.78 bits per heavy atom. The summed E-state index contributed by atoms with van der Waals surface area (Å²) in [5.41, 5.74) is 3.52. The zero-order valence-corrected chi connectivity index (χ0v) is 15.7. The molecule has 0 aliphatic carbocycles. The Morgan fingerprint density at radius 2 is 2.04 bits per heavy atom. The topological polar surface area (TPSA) is 71.8 Å². The maximum atomic E-state index is 12.7. The van der Waals surface area contributed by atoms with Crippen molar-refractivity contribution in [2.24, 2.45) is 0 Å². The van der Waals surface area contributed by atoms with E-state index >= 15 is 0 Å². The van der Waals surface area contributed by atoms with Crippen LogP contribution in [0.5, 0.6) is 0 Å². The molecule has 6 heteroatoms. The number of aromatic nitrogens is 3. The quantitative estimate of drug-likeness (QED) is 0.643. The van der Waals surface area contributed by atoms with Crippen LogP contribution in [-0.4, -0.2) is 26.7 Å². The van der Waals surface area contributed by atoms with E-state index in [1.807, 2.05) is 67.2 Å². The van der Waals surface area contributed by atoms with Crippen LogP contribution in [-0.2, 0) is 13.1 Å². The summed E-state index contributed by atoms with van der Waals surface area (Å²) in [6.45, 7) is 5.37. The number of nitrogens with zero attached hydrogens (tertiary/aromatic N) is 3. The minimum Gasteiger partial charge on any atom is -0.379 e. The molecule has 140 valence electrons. The summed E-state index contributed by atoms with van der Waals surface area (Å²) in [5.74, 6) is -0.0537. The average molecular weight is 363 g/mol. The Labute approximate surface area is 159 Å². The van der Waals surface area contributed by atoms with Crippen molar-refractivity contribution in [3.8, 4) is 0 Å². The van der Waals surface area contributed by atoms with Crippen LogP contribution in [0.25, 0.3) is 0 Å². The van der Waals surface area contributed by atoms with Gasteiger partial charge in [-0.3, -0.25) is 14.5 Å². The van der Waals surface area contributed by atoms with Gasteiger partial charge in [0.25, 0.3) is 5.91 Å². The highest BCUT2D eigenvalue weighted by molar-refractivity contribution is 5.97. The third-order valence-corrected chi connectivity index (χ3v) is 4.49. The van der Waals surface area contributed by atoms with Gasteiger partial charge in [-0.2, -0.15) is 5.10 Å². The summed E-state index contributed by atoms with van der Waals surface area (Å²) < 4.78 is 1.87. The molecular formula is C21H25N5O. The largest absolute Gasteiger partial charge is 0.379 e. The van der Waals surface area contributed by atoms with Gasteiger partial charge in [0, 0.05) is 42.4 Å². The van der Waals surface area contributed by atoms with Crippen molar-refractivity contribution in [3.05, 3.63) is 77.9 Å². The summed E-state index contributed by atoms with van der Waals surface area (Å²) in [5, 5.41) is 10.6. The molecule has 2 aromatic heterocycles. The zero-order valence-electron chi connectivity index (χ0n) is 15.7. The van der Waals surface area contributed by atoms with Gasteiger partial charge >= 0.3 is 0 Å². The number of anilines is 1. The molecule has 1 unspecified atom stereocenters. The lowest BCUT2D eigenvalue weighted by Crippen LogP contribution is -2.33. The molecule has 0 saturated carbocycles. The van der Waals surface area contributed by atoms with Crippen molar-refractivity contribution in [1.29, 1.82) is 0 Å². The second-order valence-electron chi connectivity index (χ2n) is 6.59. The van der Waals surface area contributed by atoms with Crippen LogP contribution in [0.1, 0.15) is 35.0 Å². The summed E-state index contributed by atoms with van der Waals surface area (Å²) in [6, 6.07) is 13.5. The Balaban J connectivity index is 1.59. The molecule has 0 bridgehead atoms. The van der Waals surface area contributed by atoms with Crippen LogP contribution >= 0.6 is 0 Å². The van der Waals surface area contributed by atoms with Gasteiger partial charge in [-0.25, -0.2) is 0 Å². The van der Waals surface area contributed by atoms with E-state index in [1.165, 1.54) is 0 Å². The molecule has 0 fully saturated rings. The second-order valence-corrected chi connectivity index (χ2v) is 6.59. The van der Waals surface area contributed by atoms with E-state index in [0.29, 0.717) is 12.1 Å². The van der Waals surface area contributed by atoms with Gasteiger partial charge < -0.3 is 10.6 Å². The lowest BCUT2D eigenvalue weighted by molar-refractivity contribution is 0.0936. The standard InChI is InChI=1S/C21H25N5O/c1-16(10-14-26-13-6-12-24-26)25-21(27)19-8-5-9-20(17(19)2)23-15-18-7-3-4-11-22-18/h3-9,11-13,16,23H,10,14-15H2,1-2H3,(H,25,27). The average Bonchev–Trinajstić information content (AvgIpc) is 3.20. The molecule has 2 heterocycles. The van der Waals surface area contributed by atoms with Crippen molar-refractivity contribution in [3.63, 3.8) is 0 Å². The number of amides is 1. The number of hydrogen-bond acceptors (Lipinski definition) is 4. The fourth-order valence-electron chi connectivity index (χ4n) is 2.89. The van der Waals surface area contributed by atoms with Crippen LogP contribution in [0.15, 0.2) is 61.1 Å². The highest BCUT2D eigenvalue weighted by atomic mass is 16.1. The minimum atomic E-state index is -0.0537. The summed E-state index contributed by atoms with van der Waals surface area (Å²) in [7, 11) is 0.